The quantitative estimate of drug-likeness (QED) is 0.849. The van der Waals surface area contributed by atoms with E-state index < -0.39 is 0 Å². The Bertz CT molecular complexity index is 589. The maximum absolute atomic E-state index is 9.46. The van der Waals surface area contributed by atoms with Gasteiger partial charge in [-0.25, -0.2) is 4.98 Å². The van der Waals surface area contributed by atoms with Gasteiger partial charge in [0.15, 0.2) is 0 Å². The Labute approximate surface area is 106 Å². The van der Waals surface area contributed by atoms with E-state index in [4.69, 9.17) is 0 Å². The van der Waals surface area contributed by atoms with Crippen molar-refractivity contribution in [1.82, 2.24) is 9.97 Å². The fourth-order valence-corrected chi connectivity index (χ4v) is 4.02. The normalized spacial score (nSPS) is 30.3. The zero-order valence-corrected chi connectivity index (χ0v) is 10.4. The second-order valence-electron chi connectivity index (χ2n) is 6.02. The van der Waals surface area contributed by atoms with Gasteiger partial charge in [0.1, 0.15) is 11.6 Å². The Balaban J connectivity index is 1.59. The number of H-pyrrole nitrogens is 1. The van der Waals surface area contributed by atoms with E-state index in [2.05, 4.69) is 9.97 Å². The average Bonchev–Trinajstić information content (AvgIpc) is 3.02. The van der Waals surface area contributed by atoms with Gasteiger partial charge in [-0.05, 0) is 49.1 Å². The SMILES string of the molecule is Oc1ccc2nc(CC3CC4CCC3C4)[nH]c2c1. The van der Waals surface area contributed by atoms with E-state index in [1.165, 1.54) is 25.7 Å². The van der Waals surface area contributed by atoms with E-state index in [1.54, 1.807) is 12.1 Å². The molecule has 2 bridgehead atoms. The molecule has 2 saturated carbocycles. The Morgan fingerprint density at radius 2 is 2.22 bits per heavy atom. The number of nitrogens with zero attached hydrogens (tertiary/aromatic N) is 1. The first kappa shape index (κ1) is 10.4. The van der Waals surface area contributed by atoms with Crippen LogP contribution >= 0.6 is 0 Å². The zero-order chi connectivity index (χ0) is 12.1. The molecule has 2 aliphatic rings. The molecule has 94 valence electrons. The van der Waals surface area contributed by atoms with Gasteiger partial charge in [0.25, 0.3) is 0 Å². The highest BCUT2D eigenvalue weighted by Gasteiger charge is 2.39. The average molecular weight is 242 g/mol. The molecule has 2 aliphatic carbocycles. The lowest BCUT2D eigenvalue weighted by atomic mass is 9.86. The standard InChI is InChI=1S/C15H18N2O/c18-12-3-4-13-14(8-12)17-15(16-13)7-11-6-9-1-2-10(11)5-9/h3-4,8-11,18H,1-2,5-7H2,(H,16,17). The van der Waals surface area contributed by atoms with Crippen LogP contribution in [0.5, 0.6) is 5.75 Å². The second kappa shape index (κ2) is 3.74. The molecular formula is C15H18N2O. The van der Waals surface area contributed by atoms with Gasteiger partial charge in [-0.2, -0.15) is 0 Å². The van der Waals surface area contributed by atoms with Crippen LogP contribution in [0.4, 0.5) is 0 Å². The van der Waals surface area contributed by atoms with Crippen LogP contribution in [-0.2, 0) is 6.42 Å². The molecule has 2 N–H and O–H groups in total. The van der Waals surface area contributed by atoms with Crippen LogP contribution in [0.25, 0.3) is 11.0 Å². The summed E-state index contributed by atoms with van der Waals surface area (Å²) in [4.78, 5) is 7.99. The number of phenolic OH excluding ortho intramolecular Hbond substituents is 1. The lowest BCUT2D eigenvalue weighted by molar-refractivity contribution is 0.327. The van der Waals surface area contributed by atoms with Crippen molar-refractivity contribution in [1.29, 1.82) is 0 Å². The summed E-state index contributed by atoms with van der Waals surface area (Å²) in [5, 5.41) is 9.46. The van der Waals surface area contributed by atoms with E-state index in [0.29, 0.717) is 5.75 Å². The number of aromatic nitrogens is 2. The number of aromatic amines is 1. The molecule has 18 heavy (non-hydrogen) atoms. The molecule has 4 rings (SSSR count). The minimum atomic E-state index is 0.303. The Kier molecular flexibility index (Phi) is 2.16. The number of benzene rings is 1. The van der Waals surface area contributed by atoms with E-state index in [1.807, 2.05) is 6.07 Å². The third-order valence-electron chi connectivity index (χ3n) is 4.85. The first-order valence-corrected chi connectivity index (χ1v) is 6.95. The van der Waals surface area contributed by atoms with Crippen LogP contribution in [-0.4, -0.2) is 15.1 Å². The second-order valence-corrected chi connectivity index (χ2v) is 6.02. The summed E-state index contributed by atoms with van der Waals surface area (Å²) >= 11 is 0. The largest absolute Gasteiger partial charge is 0.508 e. The molecule has 3 nitrogen and oxygen atoms in total. The minimum Gasteiger partial charge on any atom is -0.508 e. The van der Waals surface area contributed by atoms with E-state index in [0.717, 1.165) is 41.0 Å². The first-order valence-electron chi connectivity index (χ1n) is 6.95. The predicted molar refractivity (Wildman–Crippen MR) is 70.4 cm³/mol. The molecule has 1 heterocycles. The molecule has 0 saturated heterocycles. The molecule has 3 unspecified atom stereocenters. The molecule has 0 radical (unpaired) electrons. The van der Waals surface area contributed by atoms with Gasteiger partial charge in [-0.15, -0.1) is 0 Å². The highest BCUT2D eigenvalue weighted by Crippen LogP contribution is 2.49. The molecule has 2 fully saturated rings. The third kappa shape index (κ3) is 1.61. The lowest BCUT2D eigenvalue weighted by Gasteiger charge is -2.20. The van der Waals surface area contributed by atoms with Gasteiger partial charge >= 0.3 is 0 Å². The van der Waals surface area contributed by atoms with Gasteiger partial charge in [0.2, 0.25) is 0 Å². The number of imidazole rings is 1. The monoisotopic (exact) mass is 242 g/mol. The number of fused-ring (bicyclic) bond motifs is 3. The summed E-state index contributed by atoms with van der Waals surface area (Å²) in [5.41, 5.74) is 1.92. The summed E-state index contributed by atoms with van der Waals surface area (Å²) < 4.78 is 0. The van der Waals surface area contributed by atoms with Gasteiger partial charge in [0.05, 0.1) is 11.0 Å². The number of phenols is 1. The molecule has 3 atom stereocenters. The van der Waals surface area contributed by atoms with Crippen molar-refractivity contribution in [2.75, 3.05) is 0 Å². The maximum atomic E-state index is 9.46. The molecule has 3 heteroatoms. The summed E-state index contributed by atoms with van der Waals surface area (Å²) in [7, 11) is 0. The van der Waals surface area contributed by atoms with E-state index in [9.17, 15) is 5.11 Å². The Morgan fingerprint density at radius 1 is 1.28 bits per heavy atom. The first-order chi connectivity index (χ1) is 8.78. The molecule has 1 aromatic heterocycles. The fourth-order valence-electron chi connectivity index (χ4n) is 4.02. The topological polar surface area (TPSA) is 48.9 Å². The van der Waals surface area contributed by atoms with Crippen molar-refractivity contribution < 1.29 is 5.11 Å². The van der Waals surface area contributed by atoms with Crippen LogP contribution in [0.2, 0.25) is 0 Å². The molecule has 2 aromatic rings. The van der Waals surface area contributed by atoms with Crippen LogP contribution < -0.4 is 0 Å². The van der Waals surface area contributed by atoms with Crippen molar-refractivity contribution in [3.05, 3.63) is 24.0 Å². The Hall–Kier alpha value is -1.51. The molecule has 0 spiro atoms. The van der Waals surface area contributed by atoms with Crippen molar-refractivity contribution in [3.63, 3.8) is 0 Å². The van der Waals surface area contributed by atoms with Gasteiger partial charge in [-0.1, -0.05) is 6.42 Å². The smallest absolute Gasteiger partial charge is 0.117 e. The van der Waals surface area contributed by atoms with Crippen molar-refractivity contribution in [3.8, 4) is 5.75 Å². The van der Waals surface area contributed by atoms with Crippen molar-refractivity contribution in [2.24, 2.45) is 17.8 Å². The number of nitrogens with one attached hydrogen (secondary N) is 1. The third-order valence-corrected chi connectivity index (χ3v) is 4.85. The number of aromatic hydroxyl groups is 1. The summed E-state index contributed by atoms with van der Waals surface area (Å²) in [5.74, 6) is 4.16. The summed E-state index contributed by atoms with van der Waals surface area (Å²) in [6.45, 7) is 0. The molecular weight excluding hydrogens is 224 g/mol. The highest BCUT2D eigenvalue weighted by atomic mass is 16.3. The van der Waals surface area contributed by atoms with Gasteiger partial charge < -0.3 is 10.1 Å². The van der Waals surface area contributed by atoms with Crippen molar-refractivity contribution >= 4 is 11.0 Å². The van der Waals surface area contributed by atoms with E-state index >= 15 is 0 Å². The fraction of sp³-hybridized carbons (Fsp3) is 0.533. The summed E-state index contributed by atoms with van der Waals surface area (Å²) in [6.07, 6.45) is 6.81. The van der Waals surface area contributed by atoms with Crippen LogP contribution in [0, 0.1) is 17.8 Å². The number of hydrogen-bond donors (Lipinski definition) is 2. The van der Waals surface area contributed by atoms with Crippen molar-refractivity contribution in [2.45, 2.75) is 32.1 Å². The number of hydrogen-bond acceptors (Lipinski definition) is 2. The zero-order valence-electron chi connectivity index (χ0n) is 10.4. The molecule has 0 amide bonds. The lowest BCUT2D eigenvalue weighted by Crippen LogP contribution is -2.13. The molecule has 1 aromatic carbocycles. The number of rotatable bonds is 2. The van der Waals surface area contributed by atoms with Gasteiger partial charge in [0, 0.05) is 12.5 Å². The van der Waals surface area contributed by atoms with Gasteiger partial charge in [-0.3, -0.25) is 0 Å². The maximum Gasteiger partial charge on any atom is 0.117 e. The van der Waals surface area contributed by atoms with Crippen LogP contribution in [0.15, 0.2) is 18.2 Å². The van der Waals surface area contributed by atoms with Crippen LogP contribution in [0.3, 0.4) is 0 Å². The highest BCUT2D eigenvalue weighted by molar-refractivity contribution is 5.76. The minimum absolute atomic E-state index is 0.303. The predicted octanol–water partition coefficient (Wildman–Crippen LogP) is 3.25. The molecule has 0 aliphatic heterocycles. The van der Waals surface area contributed by atoms with E-state index in [-0.39, 0.29) is 0 Å². The van der Waals surface area contributed by atoms with Crippen LogP contribution in [0.1, 0.15) is 31.5 Å². The summed E-state index contributed by atoms with van der Waals surface area (Å²) in [6, 6.07) is 5.34. The Morgan fingerprint density at radius 3 is 3.00 bits per heavy atom.